The molecule has 2 heteroatoms. The van der Waals surface area contributed by atoms with Gasteiger partial charge in [-0.25, -0.2) is 4.39 Å². The fraction of sp³-hybridized carbons (Fsp3) is 0.625. The zero-order valence-corrected chi connectivity index (χ0v) is 12.1. The van der Waals surface area contributed by atoms with Crippen LogP contribution < -0.4 is 5.73 Å². The second kappa shape index (κ2) is 6.89. The van der Waals surface area contributed by atoms with E-state index in [1.54, 1.807) is 0 Å². The molecule has 0 aromatic heterocycles. The largest absolute Gasteiger partial charge is 0.328 e. The van der Waals surface area contributed by atoms with Gasteiger partial charge in [0.15, 0.2) is 0 Å². The normalized spacial score (nSPS) is 13.1. The molecule has 0 heterocycles. The number of aryl methyl sites for hydroxylation is 2. The highest BCUT2D eigenvalue weighted by Gasteiger charge is 2.09. The highest BCUT2D eigenvalue weighted by atomic mass is 19.1. The number of rotatable bonds is 6. The van der Waals surface area contributed by atoms with Crippen LogP contribution in [0.1, 0.15) is 50.3 Å². The molecule has 0 aliphatic rings. The highest BCUT2D eigenvalue weighted by Crippen LogP contribution is 2.20. The van der Waals surface area contributed by atoms with Crippen molar-refractivity contribution in [2.45, 2.75) is 59.4 Å². The van der Waals surface area contributed by atoms with E-state index in [1.807, 2.05) is 26.0 Å². The molecule has 0 saturated heterocycles. The first kappa shape index (κ1) is 15.2. The van der Waals surface area contributed by atoms with Crippen molar-refractivity contribution in [3.8, 4) is 0 Å². The zero-order chi connectivity index (χ0) is 13.7. The van der Waals surface area contributed by atoms with E-state index in [9.17, 15) is 4.39 Å². The van der Waals surface area contributed by atoms with E-state index >= 15 is 0 Å². The van der Waals surface area contributed by atoms with Gasteiger partial charge < -0.3 is 5.73 Å². The van der Waals surface area contributed by atoms with Crippen molar-refractivity contribution in [2.24, 2.45) is 11.7 Å². The van der Waals surface area contributed by atoms with Gasteiger partial charge in [0.2, 0.25) is 0 Å². The molecule has 0 aliphatic heterocycles. The predicted octanol–water partition coefficient (Wildman–Crippen LogP) is 4.00. The molecule has 0 bridgehead atoms. The summed E-state index contributed by atoms with van der Waals surface area (Å²) in [6.45, 7) is 8.13. The minimum absolute atomic E-state index is 0.0281. The van der Waals surface area contributed by atoms with Gasteiger partial charge in [-0.05, 0) is 62.1 Å². The van der Waals surface area contributed by atoms with Gasteiger partial charge >= 0.3 is 0 Å². The summed E-state index contributed by atoms with van der Waals surface area (Å²) < 4.78 is 14.0. The van der Waals surface area contributed by atoms with Gasteiger partial charge in [0.05, 0.1) is 0 Å². The molecule has 0 aliphatic carbocycles. The second-order valence-corrected chi connectivity index (χ2v) is 5.85. The molecule has 0 fully saturated rings. The van der Waals surface area contributed by atoms with Gasteiger partial charge in [-0.1, -0.05) is 26.0 Å². The first-order valence-corrected chi connectivity index (χ1v) is 6.93. The summed E-state index contributed by atoms with van der Waals surface area (Å²) in [7, 11) is 0. The Hall–Kier alpha value is -0.890. The number of hydrogen-bond donors (Lipinski definition) is 1. The van der Waals surface area contributed by atoms with Gasteiger partial charge in [0.1, 0.15) is 5.82 Å². The molecule has 102 valence electrons. The third kappa shape index (κ3) is 4.77. The maximum absolute atomic E-state index is 14.0. The van der Waals surface area contributed by atoms with Crippen LogP contribution in [0.25, 0.3) is 0 Å². The van der Waals surface area contributed by atoms with Crippen molar-refractivity contribution in [3.63, 3.8) is 0 Å². The summed E-state index contributed by atoms with van der Waals surface area (Å²) in [5.74, 6) is 0.456. The van der Waals surface area contributed by atoms with E-state index < -0.39 is 0 Å². The standard InChI is InChI=1S/C16H26FN/c1-11(2)8-15-10-14(7-5-6-13(4)18)9-12(3)16(15)17/h9-11,13H,5-8,18H2,1-4H3/t13-/m0/s1. The van der Waals surface area contributed by atoms with Crippen LogP contribution >= 0.6 is 0 Å². The minimum atomic E-state index is -0.0281. The Labute approximate surface area is 111 Å². The topological polar surface area (TPSA) is 26.0 Å². The molecule has 0 spiro atoms. The van der Waals surface area contributed by atoms with Crippen molar-refractivity contribution in [2.75, 3.05) is 0 Å². The lowest BCUT2D eigenvalue weighted by Gasteiger charge is -2.12. The van der Waals surface area contributed by atoms with Crippen molar-refractivity contribution in [3.05, 3.63) is 34.6 Å². The van der Waals surface area contributed by atoms with Crippen LogP contribution in [0.15, 0.2) is 12.1 Å². The van der Waals surface area contributed by atoms with Crippen LogP contribution in [-0.4, -0.2) is 6.04 Å². The summed E-state index contributed by atoms with van der Waals surface area (Å²) in [5, 5.41) is 0. The molecule has 0 saturated carbocycles. The predicted molar refractivity (Wildman–Crippen MR) is 76.3 cm³/mol. The summed E-state index contributed by atoms with van der Waals surface area (Å²) in [6.07, 6.45) is 3.90. The van der Waals surface area contributed by atoms with E-state index in [0.717, 1.165) is 36.8 Å². The van der Waals surface area contributed by atoms with Crippen LogP contribution in [0.2, 0.25) is 0 Å². The van der Waals surface area contributed by atoms with Gasteiger partial charge in [-0.2, -0.15) is 0 Å². The molecular weight excluding hydrogens is 225 g/mol. The average molecular weight is 251 g/mol. The zero-order valence-electron chi connectivity index (χ0n) is 12.1. The van der Waals surface area contributed by atoms with E-state index in [1.165, 1.54) is 5.56 Å². The van der Waals surface area contributed by atoms with Crippen molar-refractivity contribution < 1.29 is 4.39 Å². The Balaban J connectivity index is 2.77. The minimum Gasteiger partial charge on any atom is -0.328 e. The third-order valence-corrected chi connectivity index (χ3v) is 3.14. The third-order valence-electron chi connectivity index (χ3n) is 3.14. The lowest BCUT2D eigenvalue weighted by atomic mass is 9.95. The molecule has 0 unspecified atom stereocenters. The fourth-order valence-corrected chi connectivity index (χ4v) is 2.28. The van der Waals surface area contributed by atoms with Crippen molar-refractivity contribution in [1.82, 2.24) is 0 Å². The van der Waals surface area contributed by atoms with E-state index in [4.69, 9.17) is 5.73 Å². The molecule has 0 amide bonds. The van der Waals surface area contributed by atoms with Crippen molar-refractivity contribution >= 4 is 0 Å². The van der Waals surface area contributed by atoms with Crippen LogP contribution in [0, 0.1) is 18.7 Å². The van der Waals surface area contributed by atoms with Gasteiger partial charge in [-0.3, -0.25) is 0 Å². The Morgan fingerprint density at radius 2 is 1.89 bits per heavy atom. The lowest BCUT2D eigenvalue weighted by Crippen LogP contribution is -2.14. The Kier molecular flexibility index (Phi) is 5.80. The monoisotopic (exact) mass is 251 g/mol. The second-order valence-electron chi connectivity index (χ2n) is 5.85. The average Bonchev–Trinajstić information content (AvgIpc) is 2.24. The molecule has 1 rings (SSSR count). The first-order chi connectivity index (χ1) is 8.40. The summed E-state index contributed by atoms with van der Waals surface area (Å²) in [6, 6.07) is 4.26. The molecule has 1 aromatic carbocycles. The van der Waals surface area contributed by atoms with Crippen LogP contribution in [-0.2, 0) is 12.8 Å². The number of halogens is 1. The smallest absolute Gasteiger partial charge is 0.129 e. The molecule has 18 heavy (non-hydrogen) atoms. The van der Waals surface area contributed by atoms with Crippen LogP contribution in [0.5, 0.6) is 0 Å². The molecule has 0 radical (unpaired) electrons. The van der Waals surface area contributed by atoms with E-state index in [-0.39, 0.29) is 11.9 Å². The van der Waals surface area contributed by atoms with Gasteiger partial charge in [-0.15, -0.1) is 0 Å². The fourth-order valence-electron chi connectivity index (χ4n) is 2.28. The number of benzene rings is 1. The Bertz CT molecular complexity index is 383. The summed E-state index contributed by atoms with van der Waals surface area (Å²) in [4.78, 5) is 0. The van der Waals surface area contributed by atoms with Crippen LogP contribution in [0.4, 0.5) is 4.39 Å². The first-order valence-electron chi connectivity index (χ1n) is 6.93. The van der Waals surface area contributed by atoms with Gasteiger partial charge in [0, 0.05) is 6.04 Å². The molecular formula is C16H26FN. The number of hydrogen-bond acceptors (Lipinski definition) is 1. The lowest BCUT2D eigenvalue weighted by molar-refractivity contribution is 0.565. The molecule has 1 atom stereocenters. The highest BCUT2D eigenvalue weighted by molar-refractivity contribution is 5.31. The summed E-state index contributed by atoms with van der Waals surface area (Å²) >= 11 is 0. The molecule has 1 aromatic rings. The molecule has 1 nitrogen and oxygen atoms in total. The SMILES string of the molecule is Cc1cc(CCC[C@H](C)N)cc(CC(C)C)c1F. The van der Waals surface area contributed by atoms with Crippen LogP contribution in [0.3, 0.4) is 0 Å². The maximum Gasteiger partial charge on any atom is 0.129 e. The quantitative estimate of drug-likeness (QED) is 0.812. The summed E-state index contributed by atoms with van der Waals surface area (Å²) in [5.41, 5.74) is 8.62. The number of nitrogens with two attached hydrogens (primary N) is 1. The Morgan fingerprint density at radius 1 is 1.22 bits per heavy atom. The van der Waals surface area contributed by atoms with Crippen molar-refractivity contribution in [1.29, 1.82) is 0 Å². The van der Waals surface area contributed by atoms with E-state index in [0.29, 0.717) is 5.92 Å². The Morgan fingerprint density at radius 3 is 2.44 bits per heavy atom. The van der Waals surface area contributed by atoms with E-state index in [2.05, 4.69) is 13.8 Å². The maximum atomic E-state index is 14.0. The van der Waals surface area contributed by atoms with Gasteiger partial charge in [0.25, 0.3) is 0 Å². The molecule has 2 N–H and O–H groups in total.